The van der Waals surface area contributed by atoms with Crippen molar-refractivity contribution < 1.29 is 37.0 Å². The quantitative estimate of drug-likeness (QED) is 0.296. The lowest BCUT2D eigenvalue weighted by Crippen LogP contribution is -2.35. The Bertz CT molecular complexity index is 1400. The molecule has 1 aliphatic heterocycles. The number of benzene rings is 1. The second-order valence-corrected chi connectivity index (χ2v) is 10.5. The highest BCUT2D eigenvalue weighted by Gasteiger charge is 2.47. The summed E-state index contributed by atoms with van der Waals surface area (Å²) in [5.41, 5.74) is 0.559. The van der Waals surface area contributed by atoms with Crippen LogP contribution < -0.4 is 10.6 Å². The summed E-state index contributed by atoms with van der Waals surface area (Å²) in [7, 11) is 0. The summed E-state index contributed by atoms with van der Waals surface area (Å²) in [5, 5.41) is 9.50. The van der Waals surface area contributed by atoms with E-state index in [2.05, 4.69) is 31.7 Å². The Labute approximate surface area is 233 Å². The average Bonchev–Trinajstić information content (AvgIpc) is 3.44. The van der Waals surface area contributed by atoms with Crippen molar-refractivity contribution in [3.05, 3.63) is 62.1 Å². The van der Waals surface area contributed by atoms with Crippen LogP contribution in [0.25, 0.3) is 0 Å². The maximum Gasteiger partial charge on any atom is 0.410 e. The van der Waals surface area contributed by atoms with E-state index in [0.29, 0.717) is 5.56 Å². The van der Waals surface area contributed by atoms with E-state index in [1.165, 1.54) is 13.0 Å². The zero-order valence-corrected chi connectivity index (χ0v) is 23.4. The van der Waals surface area contributed by atoms with E-state index in [9.17, 15) is 27.6 Å². The van der Waals surface area contributed by atoms with Crippen molar-refractivity contribution in [1.82, 2.24) is 9.78 Å². The zero-order valence-electron chi connectivity index (χ0n) is 21.0. The van der Waals surface area contributed by atoms with E-state index < -0.39 is 36.1 Å². The van der Waals surface area contributed by atoms with Crippen LogP contribution in [0.1, 0.15) is 74.0 Å². The highest BCUT2D eigenvalue weighted by molar-refractivity contribution is 9.10. The number of carbonyl (C=O) groups excluding carboxylic acids is 3. The first-order chi connectivity index (χ1) is 18.4. The van der Waals surface area contributed by atoms with Gasteiger partial charge in [-0.1, -0.05) is 28.1 Å². The van der Waals surface area contributed by atoms with Crippen molar-refractivity contribution in [2.75, 3.05) is 23.8 Å². The smallest absolute Gasteiger partial charge is 0.410 e. The van der Waals surface area contributed by atoms with Gasteiger partial charge >= 0.3 is 18.1 Å². The number of hydrogen-bond acceptors (Lipinski definition) is 8. The molecule has 0 unspecified atom stereocenters. The number of hydrogen-bond donors (Lipinski definition) is 2. The Morgan fingerprint density at radius 3 is 2.41 bits per heavy atom. The molecule has 0 bridgehead atoms. The number of amides is 1. The van der Waals surface area contributed by atoms with Gasteiger partial charge in [0.2, 0.25) is 0 Å². The van der Waals surface area contributed by atoms with Gasteiger partial charge in [0.1, 0.15) is 15.7 Å². The predicted octanol–water partition coefficient (Wildman–Crippen LogP) is 6.28. The molecule has 9 nitrogen and oxygen atoms in total. The first-order valence-corrected chi connectivity index (χ1v) is 13.5. The number of carbonyl (C=O) groups is 3. The Kier molecular flexibility index (Phi) is 8.35. The van der Waals surface area contributed by atoms with Crippen LogP contribution in [0.5, 0.6) is 0 Å². The number of aromatic nitrogens is 2. The minimum Gasteiger partial charge on any atom is -0.462 e. The lowest BCUT2D eigenvalue weighted by atomic mass is 9.97. The largest absolute Gasteiger partial charge is 0.462 e. The number of anilines is 2. The molecule has 0 aliphatic carbocycles. The minimum absolute atomic E-state index is 0.00181. The summed E-state index contributed by atoms with van der Waals surface area (Å²) in [6.07, 6.45) is -4.96. The fourth-order valence-corrected chi connectivity index (χ4v) is 5.56. The number of thiophene rings is 1. The molecular formula is C25H24BrF3N4O5S. The van der Waals surface area contributed by atoms with Gasteiger partial charge in [-0.2, -0.15) is 18.3 Å². The molecule has 2 atom stereocenters. The van der Waals surface area contributed by atoms with Gasteiger partial charge < -0.3 is 20.1 Å². The van der Waals surface area contributed by atoms with Crippen LogP contribution in [0, 0.1) is 6.92 Å². The van der Waals surface area contributed by atoms with Gasteiger partial charge in [-0.05, 0) is 44.0 Å². The SMILES string of the molecule is CCOC(=O)c1sc(NC(=O)c2cc3n(n2)[C@@H](C(F)(F)F)C[C@H](c2ccc(Br)cc2)N3)c(C(=O)OCC)c1C. The molecule has 3 aromatic rings. The summed E-state index contributed by atoms with van der Waals surface area (Å²) < 4.78 is 53.8. The summed E-state index contributed by atoms with van der Waals surface area (Å²) >= 11 is 4.13. The summed E-state index contributed by atoms with van der Waals surface area (Å²) in [6, 6.07) is 5.47. The molecule has 0 radical (unpaired) electrons. The van der Waals surface area contributed by atoms with Gasteiger partial charge in [0.15, 0.2) is 11.7 Å². The van der Waals surface area contributed by atoms with E-state index in [4.69, 9.17) is 9.47 Å². The Morgan fingerprint density at radius 2 is 1.79 bits per heavy atom. The van der Waals surface area contributed by atoms with Gasteiger partial charge in [0, 0.05) is 17.0 Å². The lowest BCUT2D eigenvalue weighted by molar-refractivity contribution is -0.173. The third-order valence-electron chi connectivity index (χ3n) is 6.01. The fraction of sp³-hybridized carbons (Fsp3) is 0.360. The van der Waals surface area contributed by atoms with E-state index in [0.717, 1.165) is 20.5 Å². The Hall–Kier alpha value is -3.39. The summed E-state index contributed by atoms with van der Waals surface area (Å²) in [4.78, 5) is 38.3. The molecule has 0 fully saturated rings. The monoisotopic (exact) mass is 628 g/mol. The second kappa shape index (κ2) is 11.4. The molecule has 0 spiro atoms. The molecule has 4 rings (SSSR count). The molecule has 0 saturated heterocycles. The van der Waals surface area contributed by atoms with Crippen LogP contribution >= 0.6 is 27.3 Å². The van der Waals surface area contributed by atoms with Crippen molar-refractivity contribution in [1.29, 1.82) is 0 Å². The van der Waals surface area contributed by atoms with E-state index in [1.54, 1.807) is 38.1 Å². The topological polar surface area (TPSA) is 112 Å². The first-order valence-electron chi connectivity index (χ1n) is 11.9. The van der Waals surface area contributed by atoms with E-state index in [1.807, 2.05) is 0 Å². The van der Waals surface area contributed by atoms with Gasteiger partial charge in [-0.15, -0.1) is 11.3 Å². The van der Waals surface area contributed by atoms with Crippen LogP contribution in [0.15, 0.2) is 34.8 Å². The van der Waals surface area contributed by atoms with Crippen molar-refractivity contribution >= 4 is 55.9 Å². The molecule has 3 heterocycles. The third-order valence-corrected chi connectivity index (χ3v) is 7.73. The van der Waals surface area contributed by atoms with Crippen molar-refractivity contribution in [2.45, 2.75) is 45.5 Å². The van der Waals surface area contributed by atoms with Crippen LogP contribution in [-0.4, -0.2) is 47.0 Å². The first kappa shape index (κ1) is 28.6. The second-order valence-electron chi connectivity index (χ2n) is 8.56. The molecule has 1 aliphatic rings. The molecule has 1 aromatic carbocycles. The lowest BCUT2D eigenvalue weighted by Gasteiger charge is -2.33. The number of esters is 2. The number of ether oxygens (including phenoxy) is 2. The average molecular weight is 629 g/mol. The van der Waals surface area contributed by atoms with Crippen molar-refractivity contribution in [2.24, 2.45) is 0 Å². The number of nitrogens with zero attached hydrogens (tertiary/aromatic N) is 2. The number of alkyl halides is 3. The normalized spacial score (nSPS) is 16.7. The van der Waals surface area contributed by atoms with Gasteiger partial charge in [-0.3, -0.25) is 4.79 Å². The van der Waals surface area contributed by atoms with Crippen molar-refractivity contribution in [3.63, 3.8) is 0 Å². The van der Waals surface area contributed by atoms with Crippen LogP contribution in [0.2, 0.25) is 0 Å². The highest BCUT2D eigenvalue weighted by atomic mass is 79.9. The Morgan fingerprint density at radius 1 is 1.15 bits per heavy atom. The standard InChI is InChI=1S/C25H24BrF3N4O5S/c1-4-37-23(35)19-12(3)20(24(36)38-5-2)39-22(19)31-21(34)16-11-18-30-15(13-6-8-14(26)9-7-13)10-17(25(27,28)29)33(18)32-16/h6-9,11,15,17,30H,4-5,10H2,1-3H3,(H,31,34)/t15-,17-/m1/s1. The number of fused-ring (bicyclic) bond motifs is 1. The molecule has 39 heavy (non-hydrogen) atoms. The van der Waals surface area contributed by atoms with Crippen LogP contribution in [-0.2, 0) is 9.47 Å². The highest BCUT2D eigenvalue weighted by Crippen LogP contribution is 2.44. The maximum absolute atomic E-state index is 14.0. The fourth-order valence-electron chi connectivity index (χ4n) is 4.21. The number of rotatable bonds is 7. The molecule has 14 heteroatoms. The van der Waals surface area contributed by atoms with Crippen LogP contribution in [0.4, 0.5) is 24.0 Å². The zero-order chi connectivity index (χ0) is 28.5. The molecule has 2 N–H and O–H groups in total. The number of halogens is 4. The molecule has 2 aromatic heterocycles. The predicted molar refractivity (Wildman–Crippen MR) is 141 cm³/mol. The van der Waals surface area contributed by atoms with E-state index >= 15 is 0 Å². The molecule has 208 valence electrons. The van der Waals surface area contributed by atoms with Gasteiger partial charge in [-0.25, -0.2) is 14.3 Å². The number of nitrogens with one attached hydrogen (secondary N) is 2. The Balaban J connectivity index is 1.67. The van der Waals surface area contributed by atoms with Crippen LogP contribution in [0.3, 0.4) is 0 Å². The summed E-state index contributed by atoms with van der Waals surface area (Å²) in [6.45, 7) is 4.89. The minimum atomic E-state index is -4.62. The third kappa shape index (κ3) is 5.96. The molecule has 1 amide bonds. The van der Waals surface area contributed by atoms with Crippen molar-refractivity contribution in [3.8, 4) is 0 Å². The summed E-state index contributed by atoms with van der Waals surface area (Å²) in [5.74, 6) is -2.29. The van der Waals surface area contributed by atoms with E-state index in [-0.39, 0.29) is 52.2 Å². The maximum atomic E-state index is 14.0. The molecule has 0 saturated carbocycles. The van der Waals surface area contributed by atoms with Gasteiger partial charge in [0.05, 0.1) is 24.8 Å². The van der Waals surface area contributed by atoms with Gasteiger partial charge in [0.25, 0.3) is 5.91 Å². The molecular weight excluding hydrogens is 605 g/mol.